The van der Waals surface area contributed by atoms with Gasteiger partial charge in [-0.15, -0.1) is 12.4 Å². The second kappa shape index (κ2) is 8.08. The zero-order chi connectivity index (χ0) is 14.6. The van der Waals surface area contributed by atoms with Gasteiger partial charge in [0.1, 0.15) is 5.82 Å². The molecule has 0 amide bonds. The number of rotatable bonds is 5. The maximum Gasteiger partial charge on any atom is 0.128 e. The third-order valence-electron chi connectivity index (χ3n) is 3.53. The van der Waals surface area contributed by atoms with Crippen molar-refractivity contribution in [2.45, 2.75) is 44.9 Å². The molecule has 1 heterocycles. The maximum absolute atomic E-state index is 13.5. The lowest BCUT2D eigenvalue weighted by Gasteiger charge is -2.36. The van der Waals surface area contributed by atoms with Gasteiger partial charge in [0.25, 0.3) is 0 Å². The van der Waals surface area contributed by atoms with Gasteiger partial charge >= 0.3 is 0 Å². The Bertz CT molecular complexity index is 437. The van der Waals surface area contributed by atoms with E-state index in [1.165, 1.54) is 6.07 Å². The highest BCUT2D eigenvalue weighted by molar-refractivity contribution is 5.85. The van der Waals surface area contributed by atoms with Crippen LogP contribution in [0.5, 0.6) is 0 Å². The fraction of sp³-hybridized carbons (Fsp3) is 0.625. The Labute approximate surface area is 133 Å². The zero-order valence-corrected chi connectivity index (χ0v) is 13.7. The summed E-state index contributed by atoms with van der Waals surface area (Å²) < 4.78 is 19.4. The van der Waals surface area contributed by atoms with E-state index in [-0.39, 0.29) is 29.9 Å². The lowest BCUT2D eigenvalue weighted by molar-refractivity contribution is -0.0144. The molecule has 0 bridgehead atoms. The average molecular weight is 317 g/mol. The van der Waals surface area contributed by atoms with E-state index in [4.69, 9.17) is 10.5 Å². The number of nitrogens with two attached hydrogens (primary N) is 1. The van der Waals surface area contributed by atoms with Crippen molar-refractivity contribution in [2.24, 2.45) is 5.73 Å². The molecule has 1 fully saturated rings. The standard InChI is InChI=1S/C16H25FN2O.ClH/c1-16(2,18)12-19-9-5-7-14(10-19)20-11-13-6-3-4-8-15(13)17;/h3-4,6,8,14H,5,7,9-12,18H2,1-2H3;1H/t14-;/m0./s1. The lowest BCUT2D eigenvalue weighted by atomic mass is 10.0. The number of ether oxygens (including phenoxy) is 1. The topological polar surface area (TPSA) is 38.5 Å². The third kappa shape index (κ3) is 6.30. The van der Waals surface area contributed by atoms with Gasteiger partial charge in [0.05, 0.1) is 12.7 Å². The van der Waals surface area contributed by atoms with Crippen LogP contribution in [0.25, 0.3) is 0 Å². The molecule has 1 aromatic carbocycles. The molecule has 1 aromatic rings. The van der Waals surface area contributed by atoms with Crippen molar-refractivity contribution in [3.05, 3.63) is 35.6 Å². The SMILES string of the molecule is CC(C)(N)CN1CCC[C@H](OCc2ccccc2F)C1.Cl. The molecule has 2 rings (SSSR count). The van der Waals surface area contributed by atoms with E-state index < -0.39 is 0 Å². The van der Waals surface area contributed by atoms with Crippen LogP contribution in [-0.4, -0.2) is 36.2 Å². The molecule has 0 spiro atoms. The summed E-state index contributed by atoms with van der Waals surface area (Å²) in [7, 11) is 0. The van der Waals surface area contributed by atoms with Crippen molar-refractivity contribution in [1.29, 1.82) is 0 Å². The molecule has 120 valence electrons. The predicted octanol–water partition coefficient (Wildman–Crippen LogP) is 2.97. The minimum atomic E-state index is -0.191. The molecule has 0 radical (unpaired) electrons. The van der Waals surface area contributed by atoms with Crippen molar-refractivity contribution >= 4 is 12.4 Å². The van der Waals surface area contributed by atoms with Gasteiger partial charge < -0.3 is 10.5 Å². The number of benzene rings is 1. The van der Waals surface area contributed by atoms with Crippen LogP contribution < -0.4 is 5.73 Å². The Balaban J connectivity index is 0.00000220. The summed E-state index contributed by atoms with van der Waals surface area (Å²) in [5, 5.41) is 0. The lowest BCUT2D eigenvalue weighted by Crippen LogP contribution is -2.50. The van der Waals surface area contributed by atoms with Crippen molar-refractivity contribution in [3.8, 4) is 0 Å². The summed E-state index contributed by atoms with van der Waals surface area (Å²) in [6.07, 6.45) is 2.32. The number of nitrogens with zero attached hydrogens (tertiary/aromatic N) is 1. The van der Waals surface area contributed by atoms with E-state index in [0.717, 1.165) is 32.5 Å². The Hall–Kier alpha value is -0.680. The zero-order valence-electron chi connectivity index (χ0n) is 12.8. The highest BCUT2D eigenvalue weighted by atomic mass is 35.5. The summed E-state index contributed by atoms with van der Waals surface area (Å²) in [5.74, 6) is -0.191. The van der Waals surface area contributed by atoms with Gasteiger partial charge in [-0.25, -0.2) is 4.39 Å². The van der Waals surface area contributed by atoms with Gasteiger partial charge in [0, 0.05) is 24.2 Å². The summed E-state index contributed by atoms with van der Waals surface area (Å²) >= 11 is 0. The Kier molecular flexibility index (Phi) is 7.07. The summed E-state index contributed by atoms with van der Waals surface area (Å²) in [6, 6.07) is 6.79. The fourth-order valence-corrected chi connectivity index (χ4v) is 2.69. The van der Waals surface area contributed by atoms with Crippen LogP contribution >= 0.6 is 12.4 Å². The Morgan fingerprint density at radius 2 is 2.10 bits per heavy atom. The molecular formula is C16H26ClFN2O. The molecule has 1 aliphatic heterocycles. The van der Waals surface area contributed by atoms with Crippen LogP contribution in [0.4, 0.5) is 4.39 Å². The number of hydrogen-bond acceptors (Lipinski definition) is 3. The quantitative estimate of drug-likeness (QED) is 0.907. The minimum absolute atomic E-state index is 0. The average Bonchev–Trinajstić information content (AvgIpc) is 2.36. The monoisotopic (exact) mass is 316 g/mol. The largest absolute Gasteiger partial charge is 0.372 e. The molecule has 0 aliphatic carbocycles. The van der Waals surface area contributed by atoms with Gasteiger partial charge in [0.15, 0.2) is 0 Å². The molecule has 1 saturated heterocycles. The molecule has 1 aliphatic rings. The first-order chi connectivity index (χ1) is 9.44. The summed E-state index contributed by atoms with van der Waals surface area (Å²) in [4.78, 5) is 2.34. The second-order valence-corrected chi connectivity index (χ2v) is 6.39. The summed E-state index contributed by atoms with van der Waals surface area (Å²) in [6.45, 7) is 7.24. The third-order valence-corrected chi connectivity index (χ3v) is 3.53. The van der Waals surface area contributed by atoms with Crippen LogP contribution in [0, 0.1) is 5.82 Å². The number of likely N-dealkylation sites (tertiary alicyclic amines) is 1. The van der Waals surface area contributed by atoms with E-state index >= 15 is 0 Å². The molecule has 0 aromatic heterocycles. The van der Waals surface area contributed by atoms with Gasteiger partial charge in [-0.05, 0) is 39.3 Å². The number of hydrogen-bond donors (Lipinski definition) is 1. The molecule has 0 saturated carbocycles. The Morgan fingerprint density at radius 3 is 2.76 bits per heavy atom. The molecule has 2 N–H and O–H groups in total. The van der Waals surface area contributed by atoms with Crippen LogP contribution in [0.15, 0.2) is 24.3 Å². The van der Waals surface area contributed by atoms with Gasteiger partial charge in [-0.3, -0.25) is 4.90 Å². The summed E-state index contributed by atoms with van der Waals surface area (Å²) in [5.41, 5.74) is 6.51. The number of halogens is 2. The first-order valence-electron chi connectivity index (χ1n) is 7.30. The van der Waals surface area contributed by atoms with Gasteiger partial charge in [-0.1, -0.05) is 18.2 Å². The normalized spacial score (nSPS) is 20.1. The Morgan fingerprint density at radius 1 is 1.38 bits per heavy atom. The fourth-order valence-electron chi connectivity index (χ4n) is 2.69. The maximum atomic E-state index is 13.5. The van der Waals surface area contributed by atoms with Crippen LogP contribution in [0.1, 0.15) is 32.3 Å². The molecule has 5 heteroatoms. The number of piperidine rings is 1. The minimum Gasteiger partial charge on any atom is -0.372 e. The molecular weight excluding hydrogens is 291 g/mol. The van der Waals surface area contributed by atoms with Gasteiger partial charge in [0.2, 0.25) is 0 Å². The predicted molar refractivity (Wildman–Crippen MR) is 86.2 cm³/mol. The van der Waals surface area contributed by atoms with E-state index in [9.17, 15) is 4.39 Å². The van der Waals surface area contributed by atoms with Gasteiger partial charge in [-0.2, -0.15) is 0 Å². The first-order valence-corrected chi connectivity index (χ1v) is 7.30. The molecule has 3 nitrogen and oxygen atoms in total. The highest BCUT2D eigenvalue weighted by Gasteiger charge is 2.24. The van der Waals surface area contributed by atoms with Crippen LogP contribution in [0.3, 0.4) is 0 Å². The van der Waals surface area contributed by atoms with E-state index in [2.05, 4.69) is 4.90 Å². The highest BCUT2D eigenvalue weighted by Crippen LogP contribution is 2.17. The van der Waals surface area contributed by atoms with Crippen molar-refractivity contribution in [2.75, 3.05) is 19.6 Å². The first kappa shape index (κ1) is 18.4. The molecule has 21 heavy (non-hydrogen) atoms. The van der Waals surface area contributed by atoms with E-state index in [1.54, 1.807) is 12.1 Å². The van der Waals surface area contributed by atoms with Crippen LogP contribution in [0.2, 0.25) is 0 Å². The van der Waals surface area contributed by atoms with E-state index in [1.807, 2.05) is 19.9 Å². The molecule has 0 unspecified atom stereocenters. The smallest absolute Gasteiger partial charge is 0.128 e. The van der Waals surface area contributed by atoms with Crippen LogP contribution in [-0.2, 0) is 11.3 Å². The van der Waals surface area contributed by atoms with Crippen molar-refractivity contribution < 1.29 is 9.13 Å². The van der Waals surface area contributed by atoms with E-state index in [0.29, 0.717) is 12.2 Å². The van der Waals surface area contributed by atoms with Crippen molar-refractivity contribution in [1.82, 2.24) is 4.90 Å². The molecule has 1 atom stereocenters. The van der Waals surface area contributed by atoms with Crippen molar-refractivity contribution in [3.63, 3.8) is 0 Å². The second-order valence-electron chi connectivity index (χ2n) is 6.39.